The van der Waals surface area contributed by atoms with Gasteiger partial charge < -0.3 is 20.7 Å². The fourth-order valence-electron chi connectivity index (χ4n) is 2.92. The lowest BCUT2D eigenvalue weighted by Gasteiger charge is -2.11. The van der Waals surface area contributed by atoms with Crippen molar-refractivity contribution in [3.8, 4) is 5.75 Å². The summed E-state index contributed by atoms with van der Waals surface area (Å²) in [4.78, 5) is 24.2. The molecule has 0 radical (unpaired) electrons. The number of amides is 2. The SMILES string of the molecule is CCCCCC(=O)Nc1cccc(NC(=O)CNCc2ccc(OC(C)C)cc2)c1. The molecule has 0 spiro atoms. The maximum absolute atomic E-state index is 12.2. The van der Waals surface area contributed by atoms with E-state index in [9.17, 15) is 9.59 Å². The minimum absolute atomic E-state index is 0.00148. The normalized spacial score (nSPS) is 10.7. The predicted molar refractivity (Wildman–Crippen MR) is 122 cm³/mol. The fourth-order valence-corrected chi connectivity index (χ4v) is 2.92. The largest absolute Gasteiger partial charge is 0.491 e. The van der Waals surface area contributed by atoms with Crippen molar-refractivity contribution < 1.29 is 14.3 Å². The maximum atomic E-state index is 12.2. The van der Waals surface area contributed by atoms with Crippen LogP contribution in [-0.4, -0.2) is 24.5 Å². The predicted octanol–water partition coefficient (Wildman–Crippen LogP) is 4.72. The highest BCUT2D eigenvalue weighted by atomic mass is 16.5. The van der Waals surface area contributed by atoms with Crippen molar-refractivity contribution in [1.82, 2.24) is 5.32 Å². The van der Waals surface area contributed by atoms with E-state index in [4.69, 9.17) is 4.74 Å². The van der Waals surface area contributed by atoms with Crippen LogP contribution in [0.15, 0.2) is 48.5 Å². The van der Waals surface area contributed by atoms with Gasteiger partial charge in [0.15, 0.2) is 0 Å². The molecular formula is C24H33N3O3. The zero-order valence-corrected chi connectivity index (χ0v) is 18.2. The first-order chi connectivity index (χ1) is 14.5. The van der Waals surface area contributed by atoms with Crippen molar-refractivity contribution in [3.05, 3.63) is 54.1 Å². The molecule has 0 unspecified atom stereocenters. The summed E-state index contributed by atoms with van der Waals surface area (Å²) < 4.78 is 5.63. The van der Waals surface area contributed by atoms with Crippen molar-refractivity contribution in [1.29, 1.82) is 0 Å². The maximum Gasteiger partial charge on any atom is 0.238 e. The van der Waals surface area contributed by atoms with E-state index in [1.165, 1.54) is 0 Å². The van der Waals surface area contributed by atoms with E-state index in [0.29, 0.717) is 24.3 Å². The molecule has 2 aromatic carbocycles. The summed E-state index contributed by atoms with van der Waals surface area (Å²) >= 11 is 0. The number of hydrogen-bond acceptors (Lipinski definition) is 4. The third-order valence-corrected chi connectivity index (χ3v) is 4.35. The molecule has 0 aliphatic rings. The Balaban J connectivity index is 1.74. The summed E-state index contributed by atoms with van der Waals surface area (Å²) in [7, 11) is 0. The first-order valence-electron chi connectivity index (χ1n) is 10.6. The van der Waals surface area contributed by atoms with Gasteiger partial charge in [-0.25, -0.2) is 0 Å². The molecule has 0 saturated heterocycles. The van der Waals surface area contributed by atoms with E-state index in [0.717, 1.165) is 30.6 Å². The molecule has 2 aromatic rings. The number of rotatable bonds is 12. The van der Waals surface area contributed by atoms with Gasteiger partial charge in [0.2, 0.25) is 11.8 Å². The quantitative estimate of drug-likeness (QED) is 0.442. The summed E-state index contributed by atoms with van der Waals surface area (Å²) in [5.41, 5.74) is 2.42. The molecule has 6 nitrogen and oxygen atoms in total. The molecule has 2 amide bonds. The van der Waals surface area contributed by atoms with Gasteiger partial charge in [-0.05, 0) is 56.2 Å². The van der Waals surface area contributed by atoms with Crippen LogP contribution in [-0.2, 0) is 16.1 Å². The van der Waals surface area contributed by atoms with Gasteiger partial charge in [0.25, 0.3) is 0 Å². The molecule has 0 saturated carbocycles. The Labute approximate surface area is 179 Å². The number of nitrogens with one attached hydrogen (secondary N) is 3. The van der Waals surface area contributed by atoms with E-state index >= 15 is 0 Å². The molecular weight excluding hydrogens is 378 g/mol. The average Bonchev–Trinajstić information content (AvgIpc) is 2.69. The van der Waals surface area contributed by atoms with Crippen LogP contribution in [0.25, 0.3) is 0 Å². The highest BCUT2D eigenvalue weighted by Gasteiger charge is 2.06. The third-order valence-electron chi connectivity index (χ3n) is 4.35. The topological polar surface area (TPSA) is 79.5 Å². The lowest BCUT2D eigenvalue weighted by molar-refractivity contribution is -0.116. The molecule has 0 atom stereocenters. The number of anilines is 2. The molecule has 3 N–H and O–H groups in total. The number of carbonyl (C=O) groups is 2. The second kappa shape index (κ2) is 12.6. The number of hydrogen-bond donors (Lipinski definition) is 3. The Kier molecular flexibility index (Phi) is 9.87. The van der Waals surface area contributed by atoms with E-state index in [1.54, 1.807) is 12.1 Å². The van der Waals surface area contributed by atoms with Crippen LogP contribution in [0.5, 0.6) is 5.75 Å². The van der Waals surface area contributed by atoms with Crippen LogP contribution in [0.1, 0.15) is 52.0 Å². The van der Waals surface area contributed by atoms with Gasteiger partial charge in [-0.1, -0.05) is 38.0 Å². The molecule has 0 fully saturated rings. The summed E-state index contributed by atoms with van der Waals surface area (Å²) in [6, 6.07) is 15.0. The van der Waals surface area contributed by atoms with Gasteiger partial charge >= 0.3 is 0 Å². The van der Waals surface area contributed by atoms with E-state index in [-0.39, 0.29) is 24.5 Å². The molecule has 0 aromatic heterocycles. The summed E-state index contributed by atoms with van der Waals surface area (Å²) in [6.45, 7) is 6.87. The zero-order chi connectivity index (χ0) is 21.8. The zero-order valence-electron chi connectivity index (χ0n) is 18.2. The highest BCUT2D eigenvalue weighted by molar-refractivity contribution is 5.94. The Bertz CT molecular complexity index is 804. The van der Waals surface area contributed by atoms with Gasteiger partial charge in [0.05, 0.1) is 12.6 Å². The van der Waals surface area contributed by atoms with Crippen molar-refractivity contribution in [2.45, 2.75) is 59.1 Å². The molecule has 0 heterocycles. The van der Waals surface area contributed by atoms with Gasteiger partial charge in [-0.3, -0.25) is 9.59 Å². The molecule has 0 aliphatic carbocycles. The minimum atomic E-state index is -0.138. The average molecular weight is 412 g/mol. The lowest BCUT2D eigenvalue weighted by atomic mass is 10.2. The molecule has 2 rings (SSSR count). The number of unbranched alkanes of at least 4 members (excludes halogenated alkanes) is 2. The number of ether oxygens (including phenoxy) is 1. The van der Waals surface area contributed by atoms with E-state index in [1.807, 2.05) is 50.2 Å². The van der Waals surface area contributed by atoms with Crippen molar-refractivity contribution >= 4 is 23.2 Å². The van der Waals surface area contributed by atoms with Crippen LogP contribution in [0.3, 0.4) is 0 Å². The van der Waals surface area contributed by atoms with Crippen molar-refractivity contribution in [3.63, 3.8) is 0 Å². The molecule has 162 valence electrons. The van der Waals surface area contributed by atoms with Crippen LogP contribution >= 0.6 is 0 Å². The van der Waals surface area contributed by atoms with Crippen LogP contribution < -0.4 is 20.7 Å². The van der Waals surface area contributed by atoms with Crippen LogP contribution in [0.2, 0.25) is 0 Å². The third kappa shape index (κ3) is 9.09. The van der Waals surface area contributed by atoms with Gasteiger partial charge in [-0.15, -0.1) is 0 Å². The highest BCUT2D eigenvalue weighted by Crippen LogP contribution is 2.16. The second-order valence-corrected chi connectivity index (χ2v) is 7.55. The Morgan fingerprint density at radius 1 is 0.933 bits per heavy atom. The summed E-state index contributed by atoms with van der Waals surface area (Å²) in [5.74, 6) is 0.698. The fraction of sp³-hybridized carbons (Fsp3) is 0.417. The molecule has 0 bridgehead atoms. The van der Waals surface area contributed by atoms with E-state index < -0.39 is 0 Å². The summed E-state index contributed by atoms with van der Waals surface area (Å²) in [6.07, 6.45) is 3.68. The lowest BCUT2D eigenvalue weighted by Crippen LogP contribution is -2.27. The number of benzene rings is 2. The molecule has 30 heavy (non-hydrogen) atoms. The second-order valence-electron chi connectivity index (χ2n) is 7.55. The van der Waals surface area contributed by atoms with Gasteiger partial charge in [0, 0.05) is 24.3 Å². The standard InChI is InChI=1S/C24H33N3O3/c1-4-5-6-10-23(28)26-20-8-7-9-21(15-20)27-24(29)17-25-16-19-11-13-22(14-12-19)30-18(2)3/h7-9,11-15,18,25H,4-6,10,16-17H2,1-3H3,(H,26,28)(H,27,29). The Morgan fingerprint density at radius 2 is 1.60 bits per heavy atom. The Hall–Kier alpha value is -2.86. The Morgan fingerprint density at radius 3 is 2.23 bits per heavy atom. The smallest absolute Gasteiger partial charge is 0.238 e. The molecule has 0 aliphatic heterocycles. The first kappa shape index (κ1) is 23.4. The monoisotopic (exact) mass is 411 g/mol. The van der Waals surface area contributed by atoms with E-state index in [2.05, 4.69) is 22.9 Å². The van der Waals surface area contributed by atoms with Gasteiger partial charge in [-0.2, -0.15) is 0 Å². The number of carbonyl (C=O) groups excluding carboxylic acids is 2. The van der Waals surface area contributed by atoms with Crippen molar-refractivity contribution in [2.75, 3.05) is 17.2 Å². The van der Waals surface area contributed by atoms with Crippen LogP contribution in [0, 0.1) is 0 Å². The van der Waals surface area contributed by atoms with Crippen LogP contribution in [0.4, 0.5) is 11.4 Å². The minimum Gasteiger partial charge on any atom is -0.491 e. The molecule has 6 heteroatoms. The van der Waals surface area contributed by atoms with Gasteiger partial charge in [0.1, 0.15) is 5.75 Å². The summed E-state index contributed by atoms with van der Waals surface area (Å²) in [5, 5.41) is 8.87. The first-order valence-corrected chi connectivity index (χ1v) is 10.6. The van der Waals surface area contributed by atoms with Crippen molar-refractivity contribution in [2.24, 2.45) is 0 Å².